The predicted molar refractivity (Wildman–Crippen MR) is 45.8 cm³/mol. The van der Waals surface area contributed by atoms with Crippen molar-refractivity contribution in [1.29, 1.82) is 0 Å². The molecule has 1 aromatic rings. The van der Waals surface area contributed by atoms with Gasteiger partial charge in [0.05, 0.1) is 4.88 Å². The molecule has 0 unspecified atom stereocenters. The van der Waals surface area contributed by atoms with Gasteiger partial charge in [0, 0.05) is 4.53 Å². The van der Waals surface area contributed by atoms with Crippen LogP contribution < -0.4 is 0 Å². The molecule has 1 aromatic heterocycles. The third-order valence-electron chi connectivity index (χ3n) is 1.57. The van der Waals surface area contributed by atoms with Crippen LogP contribution in [0.4, 0.5) is 13.3 Å². The third-order valence-corrected chi connectivity index (χ3v) is 2.44. The zero-order valence-corrected chi connectivity index (χ0v) is 8.22. The van der Waals surface area contributed by atoms with Crippen LogP contribution in [0.15, 0.2) is 17.5 Å². The second-order valence-corrected chi connectivity index (χ2v) is 3.52. The van der Waals surface area contributed by atoms with E-state index in [1.54, 1.807) is 0 Å². The van der Waals surface area contributed by atoms with Crippen molar-refractivity contribution in [2.24, 2.45) is 0 Å². The fourth-order valence-corrected chi connectivity index (χ4v) is 1.52. The zero-order valence-electron chi connectivity index (χ0n) is 7.41. The minimum atomic E-state index is -4.62. The van der Waals surface area contributed by atoms with Gasteiger partial charge in [-0.1, -0.05) is 6.07 Å². The van der Waals surface area contributed by atoms with E-state index in [9.17, 15) is 27.7 Å². The first-order valence-corrected chi connectivity index (χ1v) is 4.62. The molecule has 0 spiro atoms. The first kappa shape index (κ1) is 12.4. The van der Waals surface area contributed by atoms with E-state index >= 15 is 0 Å². The maximum Gasteiger partial charge on any atom is 0.421 e. The summed E-state index contributed by atoms with van der Waals surface area (Å²) in [6, 6.07) is 2.36. The van der Waals surface area contributed by atoms with Crippen LogP contribution in [0.25, 0.3) is 0 Å². The number of alkyl halides is 2. The van der Waals surface area contributed by atoms with Gasteiger partial charge in [0.25, 0.3) is 0 Å². The van der Waals surface area contributed by atoms with Crippen molar-refractivity contribution >= 4 is 28.9 Å². The number of hydrogen-bond donors (Lipinski definition) is 0. The van der Waals surface area contributed by atoms with Crippen LogP contribution in [0.3, 0.4) is 0 Å². The summed E-state index contributed by atoms with van der Waals surface area (Å²) in [5.74, 6) is -11.4. The number of carbonyl (C=O) groups is 3. The number of halogens is 3. The summed E-state index contributed by atoms with van der Waals surface area (Å²) in [5.41, 5.74) is 0. The van der Waals surface area contributed by atoms with E-state index in [1.807, 2.05) is 0 Å². The highest BCUT2D eigenvalue weighted by Crippen LogP contribution is 2.24. The van der Waals surface area contributed by atoms with Crippen LogP contribution >= 0.6 is 11.3 Å². The highest BCUT2D eigenvalue weighted by atomic mass is 32.1. The first-order chi connectivity index (χ1) is 7.41. The van der Waals surface area contributed by atoms with E-state index in [2.05, 4.69) is 4.94 Å². The Hall–Kier alpha value is -1.70. The van der Waals surface area contributed by atoms with Crippen LogP contribution in [0.1, 0.15) is 9.67 Å². The molecule has 0 saturated heterocycles. The lowest BCUT2D eigenvalue weighted by Crippen LogP contribution is -2.42. The molecular weight excluding hydrogens is 249 g/mol. The van der Waals surface area contributed by atoms with Gasteiger partial charge in [-0.05, 0) is 11.4 Å². The fourth-order valence-electron chi connectivity index (χ4n) is 0.829. The average molecular weight is 252 g/mol. The standard InChI is InChI=1S/C8H3F3O4S/c9-8(10,6(13)7(14)15-11)5(12)4-2-1-3-16-4/h1-3H. The highest BCUT2D eigenvalue weighted by Gasteiger charge is 2.52. The van der Waals surface area contributed by atoms with Crippen LogP contribution in [-0.4, -0.2) is 23.5 Å². The van der Waals surface area contributed by atoms with Gasteiger partial charge >= 0.3 is 17.7 Å². The molecule has 1 rings (SSSR count). The van der Waals surface area contributed by atoms with E-state index < -0.39 is 28.3 Å². The topological polar surface area (TPSA) is 60.4 Å². The van der Waals surface area contributed by atoms with Gasteiger partial charge in [0.1, 0.15) is 0 Å². The summed E-state index contributed by atoms with van der Waals surface area (Å²) in [6.07, 6.45) is 0. The van der Waals surface area contributed by atoms with Gasteiger partial charge in [-0.2, -0.15) is 8.78 Å². The van der Waals surface area contributed by atoms with Crippen LogP contribution in [0, 0.1) is 0 Å². The zero-order chi connectivity index (χ0) is 12.3. The summed E-state index contributed by atoms with van der Waals surface area (Å²) in [7, 11) is 0. The Kier molecular flexibility index (Phi) is 3.43. The molecule has 0 aliphatic heterocycles. The molecule has 0 saturated carbocycles. The quantitative estimate of drug-likeness (QED) is 0.463. The summed E-state index contributed by atoms with van der Waals surface area (Å²) in [5, 5.41) is 1.33. The molecule has 0 fully saturated rings. The number of carbonyl (C=O) groups excluding carboxylic acids is 3. The van der Waals surface area contributed by atoms with Crippen LogP contribution in [-0.2, 0) is 14.5 Å². The normalized spacial score (nSPS) is 10.9. The molecular formula is C8H3F3O4S. The number of ketones is 2. The van der Waals surface area contributed by atoms with E-state index in [0.29, 0.717) is 11.3 Å². The molecule has 4 nitrogen and oxygen atoms in total. The van der Waals surface area contributed by atoms with Crippen molar-refractivity contribution < 1.29 is 32.6 Å². The number of thiophene rings is 1. The van der Waals surface area contributed by atoms with Crippen molar-refractivity contribution in [3.8, 4) is 0 Å². The molecule has 0 atom stereocenters. The van der Waals surface area contributed by atoms with Crippen LogP contribution in [0.5, 0.6) is 0 Å². The van der Waals surface area contributed by atoms with E-state index in [4.69, 9.17) is 0 Å². The van der Waals surface area contributed by atoms with Gasteiger partial charge in [0.15, 0.2) is 0 Å². The SMILES string of the molecule is O=C(OF)C(=O)C(F)(F)C(=O)c1cccs1. The van der Waals surface area contributed by atoms with Crippen molar-refractivity contribution in [3.05, 3.63) is 22.4 Å². The molecule has 0 N–H and O–H groups in total. The molecule has 0 amide bonds. The Labute approximate surface area is 90.5 Å². The Morgan fingerprint density at radius 3 is 2.38 bits per heavy atom. The highest BCUT2D eigenvalue weighted by molar-refractivity contribution is 7.12. The van der Waals surface area contributed by atoms with E-state index in [1.165, 1.54) is 11.4 Å². The van der Waals surface area contributed by atoms with Crippen molar-refractivity contribution in [2.75, 3.05) is 0 Å². The van der Waals surface area contributed by atoms with Gasteiger partial charge in [-0.25, -0.2) is 9.74 Å². The van der Waals surface area contributed by atoms with Gasteiger partial charge in [0.2, 0.25) is 5.78 Å². The fraction of sp³-hybridized carbons (Fsp3) is 0.125. The maximum absolute atomic E-state index is 13.1. The van der Waals surface area contributed by atoms with E-state index in [0.717, 1.165) is 6.07 Å². The lowest BCUT2D eigenvalue weighted by Gasteiger charge is -2.09. The third kappa shape index (κ3) is 2.11. The summed E-state index contributed by atoms with van der Waals surface area (Å²) in [6.45, 7) is 0. The minimum absolute atomic E-state index is 0.412. The molecule has 1 heterocycles. The second kappa shape index (κ2) is 4.44. The number of Topliss-reactive ketones (excluding diaryl/α,β-unsaturated/α-hetero) is 2. The number of rotatable bonds is 4. The van der Waals surface area contributed by atoms with Gasteiger partial charge in [-0.3, -0.25) is 9.59 Å². The van der Waals surface area contributed by atoms with Gasteiger partial charge in [-0.15, -0.1) is 11.3 Å². The largest absolute Gasteiger partial charge is 0.421 e. The Morgan fingerprint density at radius 1 is 1.31 bits per heavy atom. The second-order valence-electron chi connectivity index (χ2n) is 2.57. The van der Waals surface area contributed by atoms with Crippen molar-refractivity contribution in [1.82, 2.24) is 0 Å². The summed E-state index contributed by atoms with van der Waals surface area (Å²) >= 11 is 0.667. The van der Waals surface area contributed by atoms with Gasteiger partial charge < -0.3 is 0 Å². The molecule has 86 valence electrons. The monoisotopic (exact) mass is 252 g/mol. The van der Waals surface area contributed by atoms with Crippen molar-refractivity contribution in [2.45, 2.75) is 5.92 Å². The first-order valence-electron chi connectivity index (χ1n) is 3.74. The van der Waals surface area contributed by atoms with E-state index in [-0.39, 0.29) is 0 Å². The lowest BCUT2D eigenvalue weighted by atomic mass is 10.1. The molecule has 16 heavy (non-hydrogen) atoms. The Balaban J connectivity index is 2.98. The summed E-state index contributed by atoms with van der Waals surface area (Å²) in [4.78, 5) is 33.9. The molecule has 0 aliphatic rings. The smallest absolute Gasteiger partial charge is 0.286 e. The average Bonchev–Trinajstić information content (AvgIpc) is 2.79. The molecule has 0 bridgehead atoms. The molecule has 0 radical (unpaired) electrons. The van der Waals surface area contributed by atoms with Crippen LogP contribution in [0.2, 0.25) is 0 Å². The minimum Gasteiger partial charge on any atom is -0.286 e. The van der Waals surface area contributed by atoms with Crippen molar-refractivity contribution in [3.63, 3.8) is 0 Å². The Morgan fingerprint density at radius 2 is 1.94 bits per heavy atom. The lowest BCUT2D eigenvalue weighted by molar-refractivity contribution is -0.191. The predicted octanol–water partition coefficient (Wildman–Crippen LogP) is 1.56. The number of hydrogen-bond acceptors (Lipinski definition) is 5. The Bertz CT molecular complexity index is 427. The molecule has 0 aliphatic carbocycles. The molecule has 0 aromatic carbocycles. The summed E-state index contributed by atoms with van der Waals surface area (Å²) < 4.78 is 37.4. The molecule has 8 heteroatoms. The maximum atomic E-state index is 13.1.